The summed E-state index contributed by atoms with van der Waals surface area (Å²) in [5.41, 5.74) is -2.05. The zero-order valence-corrected chi connectivity index (χ0v) is 16.8. The van der Waals surface area contributed by atoms with Crippen molar-refractivity contribution in [3.05, 3.63) is 69.8 Å². The minimum atomic E-state index is -1.26. The molecule has 0 saturated heterocycles. The van der Waals surface area contributed by atoms with Crippen molar-refractivity contribution in [2.45, 2.75) is 25.9 Å². The molecule has 31 heavy (non-hydrogen) atoms. The number of amides is 2. The number of carbonyl (C=O) groups is 2. The average Bonchev–Trinajstić information content (AvgIpc) is 3.26. The van der Waals surface area contributed by atoms with Crippen molar-refractivity contribution in [3.8, 4) is 5.75 Å². The molecule has 1 aromatic carbocycles. The number of halogens is 1. The van der Waals surface area contributed by atoms with Gasteiger partial charge in [0, 0.05) is 13.6 Å². The Morgan fingerprint density at radius 2 is 1.90 bits per heavy atom. The standard InChI is InChI=1S/C19H19FN6O5/c1-19(2,24-15(29)16-25-22-9-31-16)18-23-12(13(27)17(30)26(18)3)14(28)21-8-10-4-6-11(20)7-5-10/h4-7,9,27H,8H2,1-3H3,(H,21,28)(H,24,29). The third-order valence-electron chi connectivity index (χ3n) is 4.39. The fourth-order valence-electron chi connectivity index (χ4n) is 2.84. The van der Waals surface area contributed by atoms with Crippen LogP contribution in [0.1, 0.15) is 46.4 Å². The van der Waals surface area contributed by atoms with Gasteiger partial charge in [0.15, 0.2) is 5.69 Å². The van der Waals surface area contributed by atoms with Gasteiger partial charge in [0.25, 0.3) is 11.5 Å². The second-order valence-electron chi connectivity index (χ2n) is 7.13. The highest BCUT2D eigenvalue weighted by molar-refractivity contribution is 5.94. The van der Waals surface area contributed by atoms with Gasteiger partial charge < -0.3 is 20.2 Å². The predicted octanol–water partition coefficient (Wildman–Crippen LogP) is 0.603. The molecule has 0 unspecified atom stereocenters. The number of carbonyl (C=O) groups excluding carboxylic acids is 2. The Kier molecular flexibility index (Phi) is 5.81. The van der Waals surface area contributed by atoms with Crippen molar-refractivity contribution >= 4 is 11.8 Å². The molecule has 0 bridgehead atoms. The van der Waals surface area contributed by atoms with E-state index in [-0.39, 0.29) is 18.3 Å². The highest BCUT2D eigenvalue weighted by atomic mass is 19.1. The Balaban J connectivity index is 1.88. The molecule has 3 rings (SSSR count). The predicted molar refractivity (Wildman–Crippen MR) is 104 cm³/mol. The van der Waals surface area contributed by atoms with E-state index in [1.165, 1.54) is 31.3 Å². The normalized spacial score (nSPS) is 11.2. The van der Waals surface area contributed by atoms with Crippen LogP contribution in [0.15, 0.2) is 39.9 Å². The van der Waals surface area contributed by atoms with Crippen molar-refractivity contribution in [2.24, 2.45) is 7.05 Å². The summed E-state index contributed by atoms with van der Waals surface area (Å²) in [6.45, 7) is 3.10. The van der Waals surface area contributed by atoms with E-state index in [1.54, 1.807) is 13.8 Å². The molecule has 2 aromatic heterocycles. The van der Waals surface area contributed by atoms with Crippen LogP contribution >= 0.6 is 0 Å². The first kappa shape index (κ1) is 21.6. The van der Waals surface area contributed by atoms with E-state index in [0.717, 1.165) is 11.0 Å². The molecular weight excluding hydrogens is 411 g/mol. The van der Waals surface area contributed by atoms with Gasteiger partial charge in [-0.1, -0.05) is 12.1 Å². The molecule has 0 saturated carbocycles. The molecule has 0 aliphatic carbocycles. The fourth-order valence-corrected chi connectivity index (χ4v) is 2.84. The molecule has 0 radical (unpaired) electrons. The van der Waals surface area contributed by atoms with Crippen molar-refractivity contribution in [2.75, 3.05) is 0 Å². The molecule has 0 aliphatic rings. The van der Waals surface area contributed by atoms with Gasteiger partial charge in [-0.25, -0.2) is 9.37 Å². The van der Waals surface area contributed by atoms with Gasteiger partial charge >= 0.3 is 11.8 Å². The third-order valence-corrected chi connectivity index (χ3v) is 4.39. The largest absolute Gasteiger partial charge is 0.501 e. The fraction of sp³-hybridized carbons (Fsp3) is 0.263. The summed E-state index contributed by atoms with van der Waals surface area (Å²) in [5, 5.41) is 22.2. The van der Waals surface area contributed by atoms with Crippen LogP contribution in [0, 0.1) is 5.82 Å². The smallest absolute Gasteiger partial charge is 0.309 e. The molecule has 12 heteroatoms. The summed E-state index contributed by atoms with van der Waals surface area (Å²) in [6.07, 6.45) is 0.986. The maximum atomic E-state index is 13.0. The van der Waals surface area contributed by atoms with Gasteiger partial charge in [-0.05, 0) is 31.5 Å². The lowest BCUT2D eigenvalue weighted by molar-refractivity contribution is 0.0870. The Hall–Kier alpha value is -4.09. The summed E-state index contributed by atoms with van der Waals surface area (Å²) in [7, 11) is 1.34. The first-order chi connectivity index (χ1) is 14.6. The van der Waals surface area contributed by atoms with Gasteiger partial charge in [-0.3, -0.25) is 19.0 Å². The Labute approximate surface area is 174 Å². The Bertz CT molecular complexity index is 1170. The molecule has 11 nitrogen and oxygen atoms in total. The van der Waals surface area contributed by atoms with Gasteiger partial charge in [0.2, 0.25) is 12.1 Å². The van der Waals surface area contributed by atoms with E-state index < -0.39 is 40.2 Å². The Morgan fingerprint density at radius 3 is 2.52 bits per heavy atom. The summed E-state index contributed by atoms with van der Waals surface area (Å²) in [5.74, 6) is -3.10. The maximum Gasteiger partial charge on any atom is 0.309 e. The molecule has 0 aliphatic heterocycles. The van der Waals surface area contributed by atoms with Crippen molar-refractivity contribution in [3.63, 3.8) is 0 Å². The number of benzene rings is 1. The molecule has 162 valence electrons. The Morgan fingerprint density at radius 1 is 1.23 bits per heavy atom. The average molecular weight is 430 g/mol. The molecule has 0 fully saturated rings. The monoisotopic (exact) mass is 430 g/mol. The summed E-state index contributed by atoms with van der Waals surface area (Å²) in [4.78, 5) is 41.5. The van der Waals surface area contributed by atoms with Crippen molar-refractivity contribution < 1.29 is 23.5 Å². The number of nitrogens with zero attached hydrogens (tertiary/aromatic N) is 4. The lowest BCUT2D eigenvalue weighted by Gasteiger charge is -2.27. The molecule has 3 aromatic rings. The number of aromatic nitrogens is 4. The summed E-state index contributed by atoms with van der Waals surface area (Å²) >= 11 is 0. The van der Waals surface area contributed by atoms with Gasteiger partial charge in [0.05, 0.1) is 5.54 Å². The van der Waals surface area contributed by atoms with E-state index in [2.05, 4.69) is 25.8 Å². The zero-order chi connectivity index (χ0) is 22.8. The van der Waals surface area contributed by atoms with Gasteiger partial charge in [-0.15, -0.1) is 10.2 Å². The van der Waals surface area contributed by atoms with Crippen LogP contribution in [0.2, 0.25) is 0 Å². The second kappa shape index (κ2) is 8.34. The quantitative estimate of drug-likeness (QED) is 0.514. The third kappa shape index (κ3) is 4.57. The van der Waals surface area contributed by atoms with Gasteiger partial charge in [0.1, 0.15) is 11.6 Å². The van der Waals surface area contributed by atoms with E-state index in [1.807, 2.05) is 0 Å². The lowest BCUT2D eigenvalue weighted by atomic mass is 10.0. The molecule has 2 amide bonds. The van der Waals surface area contributed by atoms with Crippen molar-refractivity contribution in [1.29, 1.82) is 0 Å². The molecule has 2 heterocycles. The van der Waals surface area contributed by atoms with Crippen LogP contribution in [0.4, 0.5) is 4.39 Å². The minimum Gasteiger partial charge on any atom is -0.501 e. The van der Waals surface area contributed by atoms with Crippen LogP contribution in [-0.2, 0) is 19.1 Å². The zero-order valence-electron chi connectivity index (χ0n) is 16.8. The highest BCUT2D eigenvalue weighted by Crippen LogP contribution is 2.20. The van der Waals surface area contributed by atoms with Crippen molar-refractivity contribution in [1.82, 2.24) is 30.4 Å². The number of nitrogens with one attached hydrogen (secondary N) is 2. The molecule has 0 spiro atoms. The number of aromatic hydroxyl groups is 1. The SMILES string of the molecule is Cn1c(C(C)(C)NC(=O)c2nnco2)nc(C(=O)NCc2ccc(F)cc2)c(O)c1=O. The summed E-state index contributed by atoms with van der Waals surface area (Å²) in [6, 6.07) is 5.44. The number of rotatable bonds is 6. The summed E-state index contributed by atoms with van der Waals surface area (Å²) < 4.78 is 18.9. The number of hydrogen-bond acceptors (Lipinski definition) is 8. The molecular formula is C19H19FN6O5. The van der Waals surface area contributed by atoms with E-state index >= 15 is 0 Å². The first-order valence-corrected chi connectivity index (χ1v) is 9.02. The lowest BCUT2D eigenvalue weighted by Crippen LogP contribution is -2.46. The van der Waals surface area contributed by atoms with E-state index in [9.17, 15) is 23.9 Å². The second-order valence-corrected chi connectivity index (χ2v) is 7.13. The van der Waals surface area contributed by atoms with E-state index in [0.29, 0.717) is 5.56 Å². The highest BCUT2D eigenvalue weighted by Gasteiger charge is 2.32. The maximum absolute atomic E-state index is 13.0. The topological polar surface area (TPSA) is 152 Å². The van der Waals surface area contributed by atoms with Crippen LogP contribution in [-0.4, -0.2) is 36.7 Å². The molecule has 0 atom stereocenters. The van der Waals surface area contributed by atoms with Crippen LogP contribution in [0.3, 0.4) is 0 Å². The van der Waals surface area contributed by atoms with Crippen LogP contribution < -0.4 is 16.2 Å². The number of hydrogen-bond donors (Lipinski definition) is 3. The van der Waals surface area contributed by atoms with E-state index in [4.69, 9.17) is 4.42 Å². The van der Waals surface area contributed by atoms with Crippen LogP contribution in [0.25, 0.3) is 0 Å². The molecule has 3 N–H and O–H groups in total. The minimum absolute atomic E-state index is 0.00454. The first-order valence-electron chi connectivity index (χ1n) is 9.02. The van der Waals surface area contributed by atoms with Gasteiger partial charge in [-0.2, -0.15) is 0 Å². The van der Waals surface area contributed by atoms with Crippen LogP contribution in [0.5, 0.6) is 5.75 Å².